The lowest BCUT2D eigenvalue weighted by atomic mass is 9.86. The zero-order chi connectivity index (χ0) is 15.2. The second kappa shape index (κ2) is 4.58. The molecule has 0 unspecified atom stereocenters. The summed E-state index contributed by atoms with van der Waals surface area (Å²) in [6.07, 6.45) is 0. The number of nitrogens with zero attached hydrogens (tertiary/aromatic N) is 1. The topological polar surface area (TPSA) is 58.7 Å². The van der Waals surface area contributed by atoms with Crippen molar-refractivity contribution in [3.8, 4) is 11.5 Å². The molecular formula is C17H20N2O2. The van der Waals surface area contributed by atoms with E-state index in [1.165, 1.54) is 0 Å². The molecule has 0 atom stereocenters. The number of methoxy groups -OCH3 is 1. The van der Waals surface area contributed by atoms with Gasteiger partial charge in [0, 0.05) is 17.5 Å². The van der Waals surface area contributed by atoms with E-state index in [2.05, 4.69) is 18.7 Å². The molecule has 0 saturated carbocycles. The predicted octanol–water partition coefficient (Wildman–Crippen LogP) is 3.41. The highest BCUT2D eigenvalue weighted by Crippen LogP contribution is 2.53. The van der Waals surface area contributed by atoms with Gasteiger partial charge in [-0.1, -0.05) is 26.0 Å². The molecule has 1 heterocycles. The molecule has 0 amide bonds. The van der Waals surface area contributed by atoms with E-state index in [0.29, 0.717) is 11.4 Å². The van der Waals surface area contributed by atoms with E-state index in [1.54, 1.807) is 19.2 Å². The van der Waals surface area contributed by atoms with Crippen LogP contribution < -0.4 is 15.4 Å². The number of fused-ring (bicyclic) bond motifs is 1. The molecule has 2 aromatic carbocycles. The summed E-state index contributed by atoms with van der Waals surface area (Å²) in [6, 6.07) is 11.2. The Hall–Kier alpha value is -2.36. The minimum atomic E-state index is -0.184. The largest absolute Gasteiger partial charge is 0.508 e. The summed E-state index contributed by atoms with van der Waals surface area (Å²) in [4.78, 5) is 2.13. The molecule has 4 nitrogen and oxygen atoms in total. The molecule has 1 aliphatic rings. The van der Waals surface area contributed by atoms with Gasteiger partial charge in [-0.25, -0.2) is 0 Å². The molecule has 0 saturated heterocycles. The molecule has 21 heavy (non-hydrogen) atoms. The number of anilines is 3. The highest BCUT2D eigenvalue weighted by molar-refractivity contribution is 5.84. The molecule has 0 aliphatic carbocycles. The van der Waals surface area contributed by atoms with Gasteiger partial charge in [0.05, 0.1) is 24.2 Å². The summed E-state index contributed by atoms with van der Waals surface area (Å²) in [7, 11) is 1.64. The fourth-order valence-corrected chi connectivity index (χ4v) is 3.15. The predicted molar refractivity (Wildman–Crippen MR) is 85.5 cm³/mol. The van der Waals surface area contributed by atoms with Gasteiger partial charge in [0.15, 0.2) is 0 Å². The minimum absolute atomic E-state index is 0.184. The van der Waals surface area contributed by atoms with Crippen LogP contribution in [0.15, 0.2) is 36.4 Å². The van der Waals surface area contributed by atoms with Crippen LogP contribution in [0.2, 0.25) is 0 Å². The fraction of sp³-hybridized carbons (Fsp3) is 0.294. The number of rotatable bonds is 2. The van der Waals surface area contributed by atoms with Gasteiger partial charge in [-0.05, 0) is 24.3 Å². The number of nitrogen functional groups attached to an aromatic ring is 1. The third-order valence-corrected chi connectivity index (χ3v) is 4.07. The number of para-hydroxylation sites is 2. The number of ether oxygens (including phenoxy) is 1. The maximum absolute atomic E-state index is 10.3. The van der Waals surface area contributed by atoms with Crippen LogP contribution in [0.1, 0.15) is 19.4 Å². The summed E-state index contributed by atoms with van der Waals surface area (Å²) in [6.45, 7) is 4.97. The molecule has 0 spiro atoms. The Morgan fingerprint density at radius 3 is 2.57 bits per heavy atom. The standard InChI is InChI=1S/C17H20N2O2/c1-17(2)10-19(12-7-5-4-6-11(12)18)16-14(21-3)9-8-13(20)15(16)17/h4-9,20H,10,18H2,1-3H3. The molecule has 3 rings (SSSR count). The van der Waals surface area contributed by atoms with E-state index < -0.39 is 0 Å². The minimum Gasteiger partial charge on any atom is -0.508 e. The highest BCUT2D eigenvalue weighted by atomic mass is 16.5. The summed E-state index contributed by atoms with van der Waals surface area (Å²) in [5.74, 6) is 1.05. The Kier molecular flexibility index (Phi) is 2.97. The quantitative estimate of drug-likeness (QED) is 0.830. The first-order chi connectivity index (χ1) is 9.95. The number of hydrogen-bond donors (Lipinski definition) is 2. The molecule has 110 valence electrons. The molecule has 0 bridgehead atoms. The van der Waals surface area contributed by atoms with Crippen molar-refractivity contribution in [1.82, 2.24) is 0 Å². The number of benzene rings is 2. The van der Waals surface area contributed by atoms with Crippen LogP contribution >= 0.6 is 0 Å². The number of phenolic OH excluding ortho intramolecular Hbond substituents is 1. The van der Waals surface area contributed by atoms with E-state index in [4.69, 9.17) is 10.5 Å². The molecule has 0 radical (unpaired) electrons. The first kappa shape index (κ1) is 13.6. The fourth-order valence-electron chi connectivity index (χ4n) is 3.15. The SMILES string of the molecule is COc1ccc(O)c2c1N(c1ccccc1N)CC2(C)C. The molecule has 2 aromatic rings. The maximum Gasteiger partial charge on any atom is 0.143 e. The summed E-state index contributed by atoms with van der Waals surface area (Å²) >= 11 is 0. The van der Waals surface area contributed by atoms with Crippen molar-refractivity contribution in [3.05, 3.63) is 42.0 Å². The lowest BCUT2D eigenvalue weighted by Crippen LogP contribution is -2.25. The Morgan fingerprint density at radius 1 is 1.19 bits per heavy atom. The van der Waals surface area contributed by atoms with Crippen molar-refractivity contribution >= 4 is 17.1 Å². The number of aromatic hydroxyl groups is 1. The van der Waals surface area contributed by atoms with Crippen LogP contribution in [0.4, 0.5) is 17.1 Å². The molecule has 4 heteroatoms. The van der Waals surface area contributed by atoms with E-state index in [0.717, 1.165) is 29.2 Å². The number of nitrogens with two attached hydrogens (primary N) is 1. The third kappa shape index (κ3) is 1.98. The summed E-state index contributed by atoms with van der Waals surface area (Å²) in [5, 5.41) is 10.3. The van der Waals surface area contributed by atoms with Crippen LogP contribution in [-0.4, -0.2) is 18.8 Å². The zero-order valence-corrected chi connectivity index (χ0v) is 12.6. The van der Waals surface area contributed by atoms with Crippen molar-refractivity contribution in [1.29, 1.82) is 0 Å². The molecule has 3 N–H and O–H groups in total. The van der Waals surface area contributed by atoms with Crippen LogP contribution in [0, 0.1) is 0 Å². The van der Waals surface area contributed by atoms with Crippen LogP contribution in [-0.2, 0) is 5.41 Å². The second-order valence-electron chi connectivity index (χ2n) is 6.04. The monoisotopic (exact) mass is 284 g/mol. The van der Waals surface area contributed by atoms with Gasteiger partial charge in [0.25, 0.3) is 0 Å². The molecule has 1 aliphatic heterocycles. The average molecular weight is 284 g/mol. The van der Waals surface area contributed by atoms with Crippen molar-refractivity contribution in [2.75, 3.05) is 24.3 Å². The van der Waals surface area contributed by atoms with Gasteiger partial charge in [0.1, 0.15) is 11.5 Å². The smallest absolute Gasteiger partial charge is 0.143 e. The second-order valence-corrected chi connectivity index (χ2v) is 6.04. The molecule has 0 fully saturated rings. The Morgan fingerprint density at radius 2 is 1.90 bits per heavy atom. The Labute approximate surface area is 124 Å². The van der Waals surface area contributed by atoms with Crippen molar-refractivity contribution in [2.45, 2.75) is 19.3 Å². The molecular weight excluding hydrogens is 264 g/mol. The maximum atomic E-state index is 10.3. The first-order valence-electron chi connectivity index (χ1n) is 6.98. The lowest BCUT2D eigenvalue weighted by Gasteiger charge is -2.24. The third-order valence-electron chi connectivity index (χ3n) is 4.07. The number of phenols is 1. The van der Waals surface area contributed by atoms with Gasteiger partial charge in [-0.3, -0.25) is 0 Å². The average Bonchev–Trinajstić information content (AvgIpc) is 2.73. The van der Waals surface area contributed by atoms with Crippen molar-refractivity contribution < 1.29 is 9.84 Å². The van der Waals surface area contributed by atoms with Gasteiger partial charge in [-0.15, -0.1) is 0 Å². The van der Waals surface area contributed by atoms with E-state index >= 15 is 0 Å². The lowest BCUT2D eigenvalue weighted by molar-refractivity contribution is 0.412. The zero-order valence-electron chi connectivity index (χ0n) is 12.6. The normalized spacial score (nSPS) is 15.9. The highest BCUT2D eigenvalue weighted by Gasteiger charge is 2.40. The summed E-state index contributed by atoms with van der Waals surface area (Å²) in [5.41, 5.74) is 9.41. The van der Waals surface area contributed by atoms with Crippen LogP contribution in [0.5, 0.6) is 11.5 Å². The first-order valence-corrected chi connectivity index (χ1v) is 6.98. The van der Waals surface area contributed by atoms with Gasteiger partial charge < -0.3 is 20.5 Å². The van der Waals surface area contributed by atoms with Gasteiger partial charge >= 0.3 is 0 Å². The summed E-state index contributed by atoms with van der Waals surface area (Å²) < 4.78 is 5.50. The number of hydrogen-bond acceptors (Lipinski definition) is 4. The molecule has 0 aromatic heterocycles. The Balaban J connectivity index is 2.26. The Bertz CT molecular complexity index is 695. The van der Waals surface area contributed by atoms with E-state index in [-0.39, 0.29) is 5.41 Å². The van der Waals surface area contributed by atoms with Gasteiger partial charge in [0.2, 0.25) is 0 Å². The van der Waals surface area contributed by atoms with E-state index in [9.17, 15) is 5.11 Å². The van der Waals surface area contributed by atoms with Crippen LogP contribution in [0.25, 0.3) is 0 Å². The van der Waals surface area contributed by atoms with Gasteiger partial charge in [-0.2, -0.15) is 0 Å². The van der Waals surface area contributed by atoms with Crippen molar-refractivity contribution in [2.24, 2.45) is 0 Å². The van der Waals surface area contributed by atoms with Crippen molar-refractivity contribution in [3.63, 3.8) is 0 Å². The van der Waals surface area contributed by atoms with Crippen LogP contribution in [0.3, 0.4) is 0 Å². The van der Waals surface area contributed by atoms with E-state index in [1.807, 2.05) is 24.3 Å².